The van der Waals surface area contributed by atoms with Crippen LogP contribution in [0.1, 0.15) is 0 Å². The van der Waals surface area contributed by atoms with E-state index in [2.05, 4.69) is 16.1 Å². The summed E-state index contributed by atoms with van der Waals surface area (Å²) in [4.78, 5) is 9.80. The smallest absolute Gasteiger partial charge is 0.431 e. The van der Waals surface area contributed by atoms with Crippen LogP contribution >= 0.6 is 0 Å². The van der Waals surface area contributed by atoms with Crippen LogP contribution in [0.15, 0.2) is 12.9 Å². The lowest BCUT2D eigenvalue weighted by atomic mass is 10.8. The molecule has 1 heterocycles. The Bertz CT molecular complexity index is 94.4. The number of carbonyl (C=O) groups excluding carboxylic acids is 1. The number of cyclic esters (lactones) is 2. The van der Waals surface area contributed by atoms with Gasteiger partial charge in [-0.15, -0.1) is 0 Å². The summed E-state index contributed by atoms with van der Waals surface area (Å²) in [7, 11) is 0. The first-order valence-electron chi connectivity index (χ1n) is 2.32. The first-order valence-corrected chi connectivity index (χ1v) is 2.32. The van der Waals surface area contributed by atoms with Crippen LogP contribution < -0.4 is 0 Å². The molecule has 0 N–H and O–H groups in total. The zero-order valence-corrected chi connectivity index (χ0v) is 4.80. The predicted octanol–water partition coefficient (Wildman–Crippen LogP) is 1.25. The highest BCUT2D eigenvalue weighted by Crippen LogP contribution is 1.92. The SMILES string of the molecule is C=CF.O=C1OCCO1. The van der Waals surface area contributed by atoms with Crippen LogP contribution in [0, 0.1) is 0 Å². The van der Waals surface area contributed by atoms with Crippen LogP contribution in [0.3, 0.4) is 0 Å². The van der Waals surface area contributed by atoms with Gasteiger partial charge >= 0.3 is 6.16 Å². The maximum atomic E-state index is 10.1. The fourth-order valence-electron chi connectivity index (χ4n) is 0.292. The van der Waals surface area contributed by atoms with Gasteiger partial charge in [-0.1, -0.05) is 6.58 Å². The summed E-state index contributed by atoms with van der Waals surface area (Å²) in [6.07, 6.45) is -0.296. The van der Waals surface area contributed by atoms with Gasteiger partial charge in [-0.3, -0.25) is 0 Å². The first-order chi connectivity index (χ1) is 4.31. The summed E-state index contributed by atoms with van der Waals surface area (Å²) < 4.78 is 18.6. The summed E-state index contributed by atoms with van der Waals surface area (Å²) in [5.74, 6) is 0. The van der Waals surface area contributed by atoms with Crippen LogP contribution in [0.4, 0.5) is 9.18 Å². The van der Waals surface area contributed by atoms with Crippen LogP contribution in [0.5, 0.6) is 0 Å². The molecule has 0 aromatic rings. The molecule has 0 aliphatic carbocycles. The zero-order valence-electron chi connectivity index (χ0n) is 4.80. The lowest BCUT2D eigenvalue weighted by molar-refractivity contribution is 0.131. The van der Waals surface area contributed by atoms with E-state index in [0.29, 0.717) is 13.2 Å². The minimum absolute atomic E-state index is 0.250. The largest absolute Gasteiger partial charge is 0.508 e. The highest BCUT2D eigenvalue weighted by molar-refractivity contribution is 5.61. The number of halogens is 1. The molecule has 0 aromatic carbocycles. The highest BCUT2D eigenvalue weighted by Gasteiger charge is 2.09. The van der Waals surface area contributed by atoms with Crippen LogP contribution in [0.25, 0.3) is 0 Å². The van der Waals surface area contributed by atoms with E-state index in [1.54, 1.807) is 0 Å². The van der Waals surface area contributed by atoms with E-state index in [4.69, 9.17) is 0 Å². The Morgan fingerprint density at radius 2 is 1.89 bits per heavy atom. The Morgan fingerprint density at radius 3 is 2.00 bits per heavy atom. The molecule has 1 aliphatic heterocycles. The van der Waals surface area contributed by atoms with Gasteiger partial charge < -0.3 is 9.47 Å². The Morgan fingerprint density at radius 1 is 1.56 bits per heavy atom. The van der Waals surface area contributed by atoms with E-state index in [0.717, 1.165) is 0 Å². The molecule has 0 aromatic heterocycles. The second kappa shape index (κ2) is 5.08. The molecule has 0 unspecified atom stereocenters. The van der Waals surface area contributed by atoms with E-state index >= 15 is 0 Å². The van der Waals surface area contributed by atoms with Crippen molar-refractivity contribution in [3.8, 4) is 0 Å². The molecule has 0 amide bonds. The molecule has 0 atom stereocenters. The van der Waals surface area contributed by atoms with E-state index in [9.17, 15) is 9.18 Å². The third-order valence-electron chi connectivity index (χ3n) is 0.523. The quantitative estimate of drug-likeness (QED) is 0.468. The van der Waals surface area contributed by atoms with Crippen molar-refractivity contribution < 1.29 is 18.7 Å². The third kappa shape index (κ3) is 4.80. The summed E-state index contributed by atoms with van der Waals surface area (Å²) in [5, 5.41) is 0. The van der Waals surface area contributed by atoms with Crippen molar-refractivity contribution in [2.45, 2.75) is 0 Å². The molecule has 0 spiro atoms. The molecule has 1 rings (SSSR count). The second-order valence-electron chi connectivity index (χ2n) is 1.10. The van der Waals surface area contributed by atoms with Crippen molar-refractivity contribution in [3.63, 3.8) is 0 Å². The molecular formula is C5H7FO3. The molecule has 9 heavy (non-hydrogen) atoms. The Labute approximate surface area is 52.1 Å². The Kier molecular flexibility index (Phi) is 4.49. The molecule has 52 valence electrons. The van der Waals surface area contributed by atoms with E-state index in [-0.39, 0.29) is 6.33 Å². The lowest BCUT2D eigenvalue weighted by Gasteiger charge is -1.78. The first kappa shape index (κ1) is 7.94. The van der Waals surface area contributed by atoms with Gasteiger partial charge in [0.25, 0.3) is 0 Å². The van der Waals surface area contributed by atoms with Gasteiger partial charge in [-0.05, 0) is 0 Å². The molecule has 1 saturated heterocycles. The van der Waals surface area contributed by atoms with Crippen molar-refractivity contribution in [3.05, 3.63) is 12.9 Å². The minimum Gasteiger partial charge on any atom is -0.431 e. The Hall–Kier alpha value is -1.06. The summed E-state index contributed by atoms with van der Waals surface area (Å²) in [6, 6.07) is 0. The average molecular weight is 134 g/mol. The van der Waals surface area contributed by atoms with Crippen LogP contribution in [-0.2, 0) is 9.47 Å². The molecule has 0 bridgehead atoms. The topological polar surface area (TPSA) is 35.5 Å². The predicted molar refractivity (Wildman–Crippen MR) is 28.6 cm³/mol. The molecule has 3 nitrogen and oxygen atoms in total. The molecule has 4 heteroatoms. The van der Waals surface area contributed by atoms with Crippen LogP contribution in [0.2, 0.25) is 0 Å². The summed E-state index contributed by atoms with van der Waals surface area (Å²) >= 11 is 0. The summed E-state index contributed by atoms with van der Waals surface area (Å²) in [6.45, 7) is 3.53. The van der Waals surface area contributed by atoms with Gasteiger partial charge in [0.1, 0.15) is 13.2 Å². The number of carbonyl (C=O) groups is 1. The molecular weight excluding hydrogens is 127 g/mol. The lowest BCUT2D eigenvalue weighted by Crippen LogP contribution is -1.88. The van der Waals surface area contributed by atoms with Crippen molar-refractivity contribution in [2.24, 2.45) is 0 Å². The third-order valence-corrected chi connectivity index (χ3v) is 0.523. The van der Waals surface area contributed by atoms with E-state index in [1.165, 1.54) is 0 Å². The van der Waals surface area contributed by atoms with Gasteiger partial charge in [0, 0.05) is 0 Å². The minimum atomic E-state index is -0.546. The van der Waals surface area contributed by atoms with E-state index < -0.39 is 6.16 Å². The van der Waals surface area contributed by atoms with E-state index in [1.807, 2.05) is 0 Å². The van der Waals surface area contributed by atoms with Crippen LogP contribution in [-0.4, -0.2) is 19.4 Å². The molecule has 0 saturated carbocycles. The van der Waals surface area contributed by atoms with Gasteiger partial charge in [-0.25, -0.2) is 9.18 Å². The van der Waals surface area contributed by atoms with Gasteiger partial charge in [0.15, 0.2) is 0 Å². The monoisotopic (exact) mass is 134 g/mol. The molecule has 0 radical (unpaired) electrons. The fraction of sp³-hybridized carbons (Fsp3) is 0.400. The van der Waals surface area contributed by atoms with Gasteiger partial charge in [0.2, 0.25) is 0 Å². The molecule has 1 aliphatic rings. The second-order valence-corrected chi connectivity index (χ2v) is 1.10. The zero-order chi connectivity index (χ0) is 7.11. The summed E-state index contributed by atoms with van der Waals surface area (Å²) in [5.41, 5.74) is 0. The maximum Gasteiger partial charge on any atom is 0.508 e. The van der Waals surface area contributed by atoms with Crippen molar-refractivity contribution in [2.75, 3.05) is 13.2 Å². The van der Waals surface area contributed by atoms with Crippen molar-refractivity contribution in [1.82, 2.24) is 0 Å². The normalized spacial score (nSPS) is 14.6. The number of hydrogen-bond donors (Lipinski definition) is 0. The van der Waals surface area contributed by atoms with Crippen molar-refractivity contribution >= 4 is 6.16 Å². The van der Waals surface area contributed by atoms with Gasteiger partial charge in [-0.2, -0.15) is 0 Å². The standard InChI is InChI=1S/C3H4O3.C2H3F/c4-3-5-1-2-6-3;1-2-3/h1-2H2;2H,1H2. The fourth-order valence-corrected chi connectivity index (χ4v) is 0.292. The molecule has 1 fully saturated rings. The number of hydrogen-bond acceptors (Lipinski definition) is 3. The maximum absolute atomic E-state index is 10.1. The number of ether oxygens (including phenoxy) is 2. The average Bonchev–Trinajstić information content (AvgIpc) is 2.20. The highest BCUT2D eigenvalue weighted by atomic mass is 19.1. The number of rotatable bonds is 0. The van der Waals surface area contributed by atoms with Gasteiger partial charge in [0.05, 0.1) is 6.33 Å². The Balaban J connectivity index is 0.000000187. The van der Waals surface area contributed by atoms with Crippen molar-refractivity contribution in [1.29, 1.82) is 0 Å².